The second-order valence-electron chi connectivity index (χ2n) is 7.17. The van der Waals surface area contributed by atoms with E-state index in [0.717, 1.165) is 42.2 Å². The maximum absolute atomic E-state index is 11.8. The summed E-state index contributed by atoms with van der Waals surface area (Å²) in [6.07, 6.45) is 4.81. The lowest BCUT2D eigenvalue weighted by molar-refractivity contribution is -0.111. The maximum atomic E-state index is 11.8. The van der Waals surface area contributed by atoms with Crippen molar-refractivity contribution in [1.82, 2.24) is 15.3 Å². The molecule has 3 N–H and O–H groups in total. The zero-order chi connectivity index (χ0) is 21.5. The Morgan fingerprint density at radius 2 is 2.00 bits per heavy atom. The summed E-state index contributed by atoms with van der Waals surface area (Å²) in [5.41, 5.74) is 4.45. The van der Waals surface area contributed by atoms with Gasteiger partial charge in [-0.25, -0.2) is 9.97 Å². The molecule has 0 aliphatic carbocycles. The molecule has 1 amide bonds. The number of anilines is 3. The van der Waals surface area contributed by atoms with Crippen LogP contribution in [-0.4, -0.2) is 35.6 Å². The van der Waals surface area contributed by atoms with Gasteiger partial charge in [-0.05, 0) is 42.8 Å². The highest BCUT2D eigenvalue weighted by Gasteiger charge is 2.15. The zero-order valence-corrected chi connectivity index (χ0v) is 17.3. The number of amides is 1. The standard InChI is InChI=1S/C24H25N5O2/c1-2-4-24(30)29-20-6-3-5-18(13-20)21-14-23(27-16-26-21)28-19-9-7-17(8-10-19)22-15-25-11-12-31-22/h2-10,13-14,16,22,25H,11-12,15H2,1H3,(H,29,30)(H,26,27,28). The van der Waals surface area contributed by atoms with Crippen molar-refractivity contribution in [3.05, 3.63) is 78.6 Å². The highest BCUT2D eigenvalue weighted by atomic mass is 16.5. The first-order valence-electron chi connectivity index (χ1n) is 10.3. The molecule has 0 radical (unpaired) electrons. The molecule has 0 spiro atoms. The van der Waals surface area contributed by atoms with E-state index in [2.05, 4.69) is 38.1 Å². The van der Waals surface area contributed by atoms with Crippen molar-refractivity contribution in [3.8, 4) is 11.3 Å². The van der Waals surface area contributed by atoms with Crippen LogP contribution < -0.4 is 16.0 Å². The monoisotopic (exact) mass is 415 g/mol. The Bertz CT molecular complexity index is 1060. The average molecular weight is 415 g/mol. The van der Waals surface area contributed by atoms with Crippen molar-refractivity contribution >= 4 is 23.1 Å². The lowest BCUT2D eigenvalue weighted by Gasteiger charge is -2.24. The Labute approximate surface area is 181 Å². The smallest absolute Gasteiger partial charge is 0.248 e. The number of rotatable bonds is 6. The number of allylic oxidation sites excluding steroid dienone is 1. The summed E-state index contributed by atoms with van der Waals surface area (Å²) in [5, 5.41) is 9.51. The first-order valence-corrected chi connectivity index (χ1v) is 10.3. The highest BCUT2D eigenvalue weighted by Crippen LogP contribution is 2.25. The number of carbonyl (C=O) groups excluding carboxylic acids is 1. The van der Waals surface area contributed by atoms with Gasteiger partial charge in [-0.1, -0.05) is 30.3 Å². The number of ether oxygens (including phenoxy) is 1. The minimum Gasteiger partial charge on any atom is -0.371 e. The molecule has 1 aliphatic heterocycles. The molecule has 1 saturated heterocycles. The largest absolute Gasteiger partial charge is 0.371 e. The third kappa shape index (κ3) is 5.53. The van der Waals surface area contributed by atoms with Crippen LogP contribution in [0.25, 0.3) is 11.3 Å². The molecule has 3 aromatic rings. The molecule has 1 atom stereocenters. The molecule has 7 nitrogen and oxygen atoms in total. The number of hydrogen-bond acceptors (Lipinski definition) is 6. The Morgan fingerprint density at radius 3 is 2.77 bits per heavy atom. The number of hydrogen-bond donors (Lipinski definition) is 3. The SMILES string of the molecule is CC=CC(=O)Nc1cccc(-c2cc(Nc3ccc(C4CNCCO4)cc3)ncn2)c1. The van der Waals surface area contributed by atoms with Gasteiger partial charge >= 0.3 is 0 Å². The molecule has 0 bridgehead atoms. The fourth-order valence-corrected chi connectivity index (χ4v) is 3.38. The van der Waals surface area contributed by atoms with Crippen LogP contribution in [0.2, 0.25) is 0 Å². The quantitative estimate of drug-likeness (QED) is 0.526. The molecule has 1 unspecified atom stereocenters. The Hall–Kier alpha value is -3.55. The van der Waals surface area contributed by atoms with E-state index < -0.39 is 0 Å². The molecule has 31 heavy (non-hydrogen) atoms. The second-order valence-corrected chi connectivity index (χ2v) is 7.17. The third-order valence-electron chi connectivity index (χ3n) is 4.89. The number of carbonyl (C=O) groups is 1. The van der Waals surface area contributed by atoms with Crippen molar-refractivity contribution < 1.29 is 9.53 Å². The summed E-state index contributed by atoms with van der Waals surface area (Å²) in [4.78, 5) is 20.5. The zero-order valence-electron chi connectivity index (χ0n) is 17.3. The van der Waals surface area contributed by atoms with E-state index >= 15 is 0 Å². The second kappa shape index (κ2) is 9.97. The van der Waals surface area contributed by atoms with Crippen molar-refractivity contribution in [1.29, 1.82) is 0 Å². The van der Waals surface area contributed by atoms with Crippen LogP contribution >= 0.6 is 0 Å². The van der Waals surface area contributed by atoms with Gasteiger partial charge in [0.25, 0.3) is 0 Å². The van der Waals surface area contributed by atoms with Gasteiger partial charge in [0.05, 0.1) is 18.4 Å². The van der Waals surface area contributed by atoms with E-state index in [1.165, 1.54) is 12.4 Å². The third-order valence-corrected chi connectivity index (χ3v) is 4.89. The van der Waals surface area contributed by atoms with Crippen LogP contribution in [0.4, 0.5) is 17.2 Å². The molecule has 7 heteroatoms. The highest BCUT2D eigenvalue weighted by molar-refractivity contribution is 5.99. The van der Waals surface area contributed by atoms with E-state index in [9.17, 15) is 4.79 Å². The lowest BCUT2D eigenvalue weighted by atomic mass is 10.1. The number of nitrogens with zero attached hydrogens (tertiary/aromatic N) is 2. The molecule has 158 valence electrons. The number of morpholine rings is 1. The van der Waals surface area contributed by atoms with E-state index in [-0.39, 0.29) is 12.0 Å². The topological polar surface area (TPSA) is 88.2 Å². The Balaban J connectivity index is 1.47. The Kier molecular flexibility index (Phi) is 6.66. The van der Waals surface area contributed by atoms with E-state index in [4.69, 9.17) is 4.74 Å². The van der Waals surface area contributed by atoms with E-state index in [0.29, 0.717) is 11.5 Å². The van der Waals surface area contributed by atoms with Crippen molar-refractivity contribution in [2.75, 3.05) is 30.3 Å². The first-order chi connectivity index (χ1) is 15.2. The fourth-order valence-electron chi connectivity index (χ4n) is 3.38. The minimum atomic E-state index is -0.164. The van der Waals surface area contributed by atoms with Crippen LogP contribution in [-0.2, 0) is 9.53 Å². The number of nitrogens with one attached hydrogen (secondary N) is 3. The van der Waals surface area contributed by atoms with Crippen molar-refractivity contribution in [3.63, 3.8) is 0 Å². The molecule has 1 fully saturated rings. The van der Waals surface area contributed by atoms with Crippen LogP contribution in [0.5, 0.6) is 0 Å². The summed E-state index contributed by atoms with van der Waals surface area (Å²) >= 11 is 0. The maximum Gasteiger partial charge on any atom is 0.248 e. The van der Waals surface area contributed by atoms with E-state index in [1.54, 1.807) is 13.0 Å². The van der Waals surface area contributed by atoms with Gasteiger partial charge in [-0.15, -0.1) is 0 Å². The summed E-state index contributed by atoms with van der Waals surface area (Å²) in [5.74, 6) is 0.527. The number of benzene rings is 2. The molecule has 2 heterocycles. The van der Waals surface area contributed by atoms with Crippen LogP contribution in [0, 0.1) is 0 Å². The summed E-state index contributed by atoms with van der Waals surface area (Å²) < 4.78 is 5.80. The number of aromatic nitrogens is 2. The van der Waals surface area contributed by atoms with Crippen LogP contribution in [0.1, 0.15) is 18.6 Å². The predicted octanol–water partition coefficient (Wildman–Crippen LogP) is 4.06. The van der Waals surface area contributed by atoms with Gasteiger partial charge in [0.2, 0.25) is 5.91 Å². The summed E-state index contributed by atoms with van der Waals surface area (Å²) in [6, 6.07) is 17.6. The molecule has 1 aliphatic rings. The molecule has 0 saturated carbocycles. The average Bonchev–Trinajstić information content (AvgIpc) is 2.81. The van der Waals surface area contributed by atoms with Gasteiger partial charge in [0, 0.05) is 36.1 Å². The molecule has 2 aromatic carbocycles. The Morgan fingerprint density at radius 1 is 1.13 bits per heavy atom. The summed E-state index contributed by atoms with van der Waals surface area (Å²) in [7, 11) is 0. The molecule has 4 rings (SSSR count). The normalized spacial score (nSPS) is 16.2. The summed E-state index contributed by atoms with van der Waals surface area (Å²) in [6.45, 7) is 4.27. The van der Waals surface area contributed by atoms with E-state index in [1.807, 2.05) is 42.5 Å². The van der Waals surface area contributed by atoms with Crippen molar-refractivity contribution in [2.24, 2.45) is 0 Å². The fraction of sp³-hybridized carbons (Fsp3) is 0.208. The lowest BCUT2D eigenvalue weighted by Crippen LogP contribution is -2.33. The van der Waals surface area contributed by atoms with Crippen LogP contribution in [0.3, 0.4) is 0 Å². The van der Waals surface area contributed by atoms with Gasteiger partial charge < -0.3 is 20.7 Å². The first kappa shape index (κ1) is 20.7. The minimum absolute atomic E-state index is 0.0917. The van der Waals surface area contributed by atoms with Gasteiger partial charge in [-0.3, -0.25) is 4.79 Å². The molecule has 1 aromatic heterocycles. The van der Waals surface area contributed by atoms with Gasteiger partial charge in [-0.2, -0.15) is 0 Å². The predicted molar refractivity (Wildman–Crippen MR) is 122 cm³/mol. The van der Waals surface area contributed by atoms with Gasteiger partial charge in [0.15, 0.2) is 0 Å². The van der Waals surface area contributed by atoms with Crippen LogP contribution in [0.15, 0.2) is 73.1 Å². The molecular weight excluding hydrogens is 390 g/mol. The molecular formula is C24H25N5O2. The van der Waals surface area contributed by atoms with Crippen molar-refractivity contribution in [2.45, 2.75) is 13.0 Å². The van der Waals surface area contributed by atoms with Gasteiger partial charge in [0.1, 0.15) is 12.1 Å².